The lowest BCUT2D eigenvalue weighted by molar-refractivity contribution is 0.0888. The largest absolute Gasteiger partial charge is 0.444 e. The van der Waals surface area contributed by atoms with Gasteiger partial charge in [-0.2, -0.15) is 5.26 Å². The number of rotatable bonds is 8. The molecule has 3 N–H and O–H groups in total. The molecular formula is C18H26ClFN4O2. The maximum atomic E-state index is 14.3. The zero-order chi connectivity index (χ0) is 19.9. The SMILES string of the molecule is CC[C@H](OC(N)=O)[C@@H](CCCC(C)(C)C)Nc1nc(Cl)c(C#N)cc1F. The number of pyridine rings is 1. The van der Waals surface area contributed by atoms with Crippen LogP contribution in [0.5, 0.6) is 0 Å². The van der Waals surface area contributed by atoms with E-state index in [1.807, 2.05) is 6.92 Å². The fourth-order valence-corrected chi connectivity index (χ4v) is 2.81. The first-order valence-electron chi connectivity index (χ1n) is 8.56. The fourth-order valence-electron chi connectivity index (χ4n) is 2.62. The second-order valence-electron chi connectivity index (χ2n) is 7.36. The van der Waals surface area contributed by atoms with Gasteiger partial charge in [0.2, 0.25) is 0 Å². The number of primary amides is 1. The Balaban J connectivity index is 3.02. The van der Waals surface area contributed by atoms with Crippen molar-refractivity contribution in [3.63, 3.8) is 0 Å². The third kappa shape index (κ3) is 7.04. The Bertz CT molecular complexity index is 670. The van der Waals surface area contributed by atoms with Gasteiger partial charge in [0.25, 0.3) is 0 Å². The molecule has 1 heterocycles. The summed E-state index contributed by atoms with van der Waals surface area (Å²) in [6.45, 7) is 8.25. The van der Waals surface area contributed by atoms with Gasteiger partial charge in [0.05, 0.1) is 11.6 Å². The van der Waals surface area contributed by atoms with Crippen LogP contribution < -0.4 is 11.1 Å². The molecule has 0 aliphatic heterocycles. The van der Waals surface area contributed by atoms with Gasteiger partial charge >= 0.3 is 6.09 Å². The number of hydrogen-bond acceptors (Lipinski definition) is 5. The van der Waals surface area contributed by atoms with E-state index in [1.54, 1.807) is 6.07 Å². The minimum atomic E-state index is -0.884. The van der Waals surface area contributed by atoms with Gasteiger partial charge in [-0.05, 0) is 30.7 Å². The molecule has 26 heavy (non-hydrogen) atoms. The van der Waals surface area contributed by atoms with Gasteiger partial charge in [-0.25, -0.2) is 14.2 Å². The highest BCUT2D eigenvalue weighted by molar-refractivity contribution is 6.30. The standard InChI is InChI=1S/C18H26ClFN4O2/c1-5-14(26-17(22)25)13(7-6-8-18(2,3)4)23-16-12(20)9-11(10-21)15(19)24-16/h9,13-14H,5-8H2,1-4H3,(H2,22,25)(H,23,24)/t13-,14+/m1/s1. The van der Waals surface area contributed by atoms with Crippen molar-refractivity contribution in [2.75, 3.05) is 5.32 Å². The van der Waals surface area contributed by atoms with Crippen LogP contribution in [-0.2, 0) is 4.74 Å². The summed E-state index contributed by atoms with van der Waals surface area (Å²) in [5, 5.41) is 11.8. The van der Waals surface area contributed by atoms with Crippen LogP contribution in [-0.4, -0.2) is 23.2 Å². The highest BCUT2D eigenvalue weighted by Gasteiger charge is 2.25. The first kappa shape index (κ1) is 22.0. The second kappa shape index (κ2) is 9.58. The maximum Gasteiger partial charge on any atom is 0.404 e. The topological polar surface area (TPSA) is 101 Å². The lowest BCUT2D eigenvalue weighted by Crippen LogP contribution is -2.39. The minimum absolute atomic E-state index is 0.0422. The van der Waals surface area contributed by atoms with Crippen molar-refractivity contribution >= 4 is 23.5 Å². The molecule has 2 atom stereocenters. The highest BCUT2D eigenvalue weighted by atomic mass is 35.5. The summed E-state index contributed by atoms with van der Waals surface area (Å²) in [7, 11) is 0. The summed E-state index contributed by atoms with van der Waals surface area (Å²) in [4.78, 5) is 15.1. The fraction of sp³-hybridized carbons (Fsp3) is 0.611. The number of carbonyl (C=O) groups excluding carboxylic acids is 1. The number of nitrogens with two attached hydrogens (primary N) is 1. The summed E-state index contributed by atoms with van der Waals surface area (Å²) in [5.41, 5.74) is 5.26. The van der Waals surface area contributed by atoms with Gasteiger partial charge in [-0.15, -0.1) is 0 Å². The second-order valence-corrected chi connectivity index (χ2v) is 7.71. The normalized spacial score (nSPS) is 13.6. The average Bonchev–Trinajstić information content (AvgIpc) is 2.53. The number of nitrogens with one attached hydrogen (secondary N) is 1. The van der Waals surface area contributed by atoms with Gasteiger partial charge in [0, 0.05) is 0 Å². The summed E-state index contributed by atoms with van der Waals surface area (Å²) in [5.74, 6) is -0.776. The molecule has 1 rings (SSSR count). The molecule has 0 aliphatic rings. The van der Waals surface area contributed by atoms with Crippen molar-refractivity contribution < 1.29 is 13.9 Å². The Hall–Kier alpha value is -2.07. The molecule has 0 fully saturated rings. The zero-order valence-electron chi connectivity index (χ0n) is 15.6. The molecule has 6 nitrogen and oxygen atoms in total. The molecule has 1 aromatic rings. The van der Waals surface area contributed by atoms with Crippen LogP contribution in [0.4, 0.5) is 15.0 Å². The molecule has 0 radical (unpaired) electrons. The quantitative estimate of drug-likeness (QED) is 0.637. The van der Waals surface area contributed by atoms with E-state index in [0.717, 1.165) is 18.9 Å². The van der Waals surface area contributed by atoms with Crippen molar-refractivity contribution in [2.24, 2.45) is 11.1 Å². The van der Waals surface area contributed by atoms with E-state index in [1.165, 1.54) is 0 Å². The number of nitriles is 1. The van der Waals surface area contributed by atoms with E-state index in [2.05, 4.69) is 31.1 Å². The van der Waals surface area contributed by atoms with Crippen molar-refractivity contribution in [3.05, 3.63) is 22.6 Å². The number of anilines is 1. The molecule has 1 aromatic heterocycles. The molecule has 144 valence electrons. The number of ether oxygens (including phenoxy) is 1. The number of aromatic nitrogens is 1. The Kier molecular flexibility index (Phi) is 8.09. The summed E-state index contributed by atoms with van der Waals surface area (Å²) in [6.07, 6.45) is 1.49. The van der Waals surface area contributed by atoms with Crippen molar-refractivity contribution in [3.8, 4) is 6.07 Å². The van der Waals surface area contributed by atoms with E-state index in [4.69, 9.17) is 27.3 Å². The minimum Gasteiger partial charge on any atom is -0.444 e. The molecule has 0 bridgehead atoms. The van der Waals surface area contributed by atoms with Gasteiger partial charge in [-0.1, -0.05) is 45.7 Å². The lowest BCUT2D eigenvalue weighted by atomic mass is 9.88. The van der Waals surface area contributed by atoms with Gasteiger partial charge in [0.15, 0.2) is 11.6 Å². The average molecular weight is 385 g/mol. The molecule has 0 saturated heterocycles. The number of carbonyl (C=O) groups is 1. The van der Waals surface area contributed by atoms with Crippen LogP contribution in [0.15, 0.2) is 6.07 Å². The molecule has 0 aromatic carbocycles. The molecule has 8 heteroatoms. The first-order chi connectivity index (χ1) is 12.1. The van der Waals surface area contributed by atoms with Gasteiger partial charge < -0.3 is 15.8 Å². The predicted octanol–water partition coefficient (Wildman–Crippen LogP) is 4.62. The monoisotopic (exact) mass is 384 g/mol. The first-order valence-corrected chi connectivity index (χ1v) is 8.94. The zero-order valence-corrected chi connectivity index (χ0v) is 16.4. The highest BCUT2D eigenvalue weighted by Crippen LogP contribution is 2.26. The summed E-state index contributed by atoms with van der Waals surface area (Å²) in [6, 6.07) is 2.42. The predicted molar refractivity (Wildman–Crippen MR) is 99.4 cm³/mol. The number of amides is 1. The van der Waals surface area contributed by atoms with E-state index in [-0.39, 0.29) is 28.0 Å². The molecule has 0 aliphatic carbocycles. The lowest BCUT2D eigenvalue weighted by Gasteiger charge is -2.28. The molecular weight excluding hydrogens is 359 g/mol. The van der Waals surface area contributed by atoms with Crippen molar-refractivity contribution in [1.29, 1.82) is 5.26 Å². The van der Waals surface area contributed by atoms with E-state index < -0.39 is 18.0 Å². The Morgan fingerprint density at radius 3 is 2.69 bits per heavy atom. The molecule has 1 amide bonds. The van der Waals surface area contributed by atoms with Crippen LogP contribution in [0.1, 0.15) is 58.9 Å². The molecule has 0 unspecified atom stereocenters. The van der Waals surface area contributed by atoms with E-state index in [0.29, 0.717) is 12.8 Å². The Labute approximate surface area is 158 Å². The molecule has 0 saturated carbocycles. The van der Waals surface area contributed by atoms with E-state index in [9.17, 15) is 9.18 Å². The maximum absolute atomic E-state index is 14.3. The van der Waals surface area contributed by atoms with Crippen LogP contribution >= 0.6 is 11.6 Å². The Morgan fingerprint density at radius 1 is 1.54 bits per heavy atom. The summed E-state index contributed by atoms with van der Waals surface area (Å²) >= 11 is 5.90. The van der Waals surface area contributed by atoms with Crippen molar-refractivity contribution in [1.82, 2.24) is 4.98 Å². The van der Waals surface area contributed by atoms with Crippen LogP contribution in [0.2, 0.25) is 5.15 Å². The summed E-state index contributed by atoms with van der Waals surface area (Å²) < 4.78 is 19.4. The number of halogens is 2. The number of nitrogens with zero attached hydrogens (tertiary/aromatic N) is 2. The molecule has 0 spiro atoms. The van der Waals surface area contributed by atoms with Gasteiger partial charge in [-0.3, -0.25) is 0 Å². The third-order valence-electron chi connectivity index (χ3n) is 3.93. The third-order valence-corrected chi connectivity index (χ3v) is 4.22. The number of hydrogen-bond donors (Lipinski definition) is 2. The van der Waals surface area contributed by atoms with Crippen molar-refractivity contribution in [2.45, 2.75) is 65.5 Å². The van der Waals surface area contributed by atoms with Crippen LogP contribution in [0.25, 0.3) is 0 Å². The van der Waals surface area contributed by atoms with Gasteiger partial charge in [0.1, 0.15) is 17.3 Å². The smallest absolute Gasteiger partial charge is 0.404 e. The van der Waals surface area contributed by atoms with Crippen LogP contribution in [0, 0.1) is 22.6 Å². The van der Waals surface area contributed by atoms with Crippen LogP contribution in [0.3, 0.4) is 0 Å². The van der Waals surface area contributed by atoms with E-state index >= 15 is 0 Å². The Morgan fingerprint density at radius 2 is 2.19 bits per heavy atom.